The minimum atomic E-state index is -1.02. The number of methoxy groups -OCH3 is 2. The topological polar surface area (TPSA) is 97.6 Å². The average Bonchev–Trinajstić information content (AvgIpc) is 2.58. The van der Waals surface area contributed by atoms with E-state index < -0.39 is 24.0 Å². The monoisotopic (exact) mass is 334 g/mol. The third-order valence-electron chi connectivity index (χ3n) is 3.74. The number of carbonyl (C=O) groups is 2. The van der Waals surface area contributed by atoms with E-state index in [2.05, 4.69) is 11.4 Å². The minimum Gasteiger partial charge on any atom is -0.493 e. The molecule has 0 radical (unpaired) electrons. The van der Waals surface area contributed by atoms with Crippen LogP contribution in [0.25, 0.3) is 0 Å². The molecule has 7 heteroatoms. The van der Waals surface area contributed by atoms with Gasteiger partial charge in [-0.2, -0.15) is 5.26 Å². The minimum absolute atomic E-state index is 0.0898. The molecule has 7 nitrogen and oxygen atoms in total. The van der Waals surface area contributed by atoms with Gasteiger partial charge in [-0.3, -0.25) is 4.79 Å². The van der Waals surface area contributed by atoms with Crippen molar-refractivity contribution in [3.05, 3.63) is 23.8 Å². The lowest BCUT2D eigenvalue weighted by atomic mass is 9.90. The van der Waals surface area contributed by atoms with Gasteiger partial charge in [0.2, 0.25) is 0 Å². The van der Waals surface area contributed by atoms with E-state index in [1.54, 1.807) is 13.0 Å². The zero-order valence-electron chi connectivity index (χ0n) is 14.5. The van der Waals surface area contributed by atoms with Gasteiger partial charge in [-0.15, -0.1) is 0 Å². The quantitative estimate of drug-likeness (QED) is 0.765. The Hall–Kier alpha value is -2.75. The van der Waals surface area contributed by atoms with Crippen LogP contribution in [0.5, 0.6) is 11.5 Å². The standard InChI is InChI=1S/C17H22N2O5/c1-11(2)17(3,10-18)19-15(20)9-24-16(21)12-6-7-13(22-4)14(8-12)23-5/h6-8,11H,9H2,1-5H3,(H,19,20)/t17-/m0/s1. The SMILES string of the molecule is COc1ccc(C(=O)OCC(=O)N[C@@](C)(C#N)C(C)C)cc1OC. The maximum absolute atomic E-state index is 12.0. The highest BCUT2D eigenvalue weighted by atomic mass is 16.5. The van der Waals surface area contributed by atoms with Crippen molar-refractivity contribution in [1.82, 2.24) is 5.32 Å². The highest BCUT2D eigenvalue weighted by Gasteiger charge is 2.30. The summed E-state index contributed by atoms with van der Waals surface area (Å²) in [5.74, 6) is -0.439. The Morgan fingerprint density at radius 3 is 2.38 bits per heavy atom. The zero-order chi connectivity index (χ0) is 18.3. The van der Waals surface area contributed by atoms with E-state index in [1.165, 1.54) is 26.4 Å². The van der Waals surface area contributed by atoms with E-state index in [0.717, 1.165) is 0 Å². The average molecular weight is 334 g/mol. The predicted octanol–water partition coefficient (Wildman–Crippen LogP) is 1.92. The van der Waals surface area contributed by atoms with Gasteiger partial charge in [-0.1, -0.05) is 13.8 Å². The molecule has 1 rings (SSSR count). The molecule has 24 heavy (non-hydrogen) atoms. The second kappa shape index (κ2) is 8.20. The van der Waals surface area contributed by atoms with E-state index >= 15 is 0 Å². The first-order chi connectivity index (χ1) is 11.3. The molecule has 0 saturated carbocycles. The van der Waals surface area contributed by atoms with Gasteiger partial charge in [-0.05, 0) is 31.0 Å². The van der Waals surface area contributed by atoms with Crippen LogP contribution in [0.3, 0.4) is 0 Å². The number of nitrogens with zero attached hydrogens (tertiary/aromatic N) is 1. The van der Waals surface area contributed by atoms with Crippen molar-refractivity contribution in [3.8, 4) is 17.6 Å². The molecule has 0 aliphatic heterocycles. The van der Waals surface area contributed by atoms with Crippen LogP contribution in [0, 0.1) is 17.2 Å². The summed E-state index contributed by atoms with van der Waals surface area (Å²) >= 11 is 0. The number of nitriles is 1. The molecule has 0 unspecified atom stereocenters. The molecule has 0 heterocycles. The molecule has 0 aromatic heterocycles. The third-order valence-corrected chi connectivity index (χ3v) is 3.74. The zero-order valence-corrected chi connectivity index (χ0v) is 14.5. The first-order valence-electron chi connectivity index (χ1n) is 7.38. The first kappa shape index (κ1) is 19.3. The number of hydrogen-bond donors (Lipinski definition) is 1. The normalized spacial score (nSPS) is 12.7. The smallest absolute Gasteiger partial charge is 0.338 e. The Kier molecular flexibility index (Phi) is 6.59. The molecule has 0 fully saturated rings. The summed E-state index contributed by atoms with van der Waals surface area (Å²) in [7, 11) is 2.94. The maximum atomic E-state index is 12.0. The molecule has 1 atom stereocenters. The van der Waals surface area contributed by atoms with Gasteiger partial charge in [0.25, 0.3) is 5.91 Å². The lowest BCUT2D eigenvalue weighted by Gasteiger charge is -2.27. The van der Waals surface area contributed by atoms with Crippen molar-refractivity contribution < 1.29 is 23.8 Å². The Labute approximate surface area is 141 Å². The molecular weight excluding hydrogens is 312 g/mol. The molecule has 1 amide bonds. The Balaban J connectivity index is 2.70. The summed E-state index contributed by atoms with van der Waals surface area (Å²) < 4.78 is 15.2. The van der Waals surface area contributed by atoms with Crippen LogP contribution in [0.4, 0.5) is 0 Å². The van der Waals surface area contributed by atoms with Crippen LogP contribution < -0.4 is 14.8 Å². The highest BCUT2D eigenvalue weighted by molar-refractivity contribution is 5.92. The molecular formula is C17H22N2O5. The number of rotatable bonds is 7. The second-order valence-electron chi connectivity index (χ2n) is 5.66. The van der Waals surface area contributed by atoms with Crippen molar-refractivity contribution >= 4 is 11.9 Å². The summed E-state index contributed by atoms with van der Waals surface area (Å²) in [5.41, 5.74) is -0.792. The van der Waals surface area contributed by atoms with Gasteiger partial charge in [0, 0.05) is 0 Å². The number of nitrogens with one attached hydrogen (secondary N) is 1. The molecule has 0 bridgehead atoms. The number of esters is 1. The van der Waals surface area contributed by atoms with Crippen LogP contribution in [-0.4, -0.2) is 38.2 Å². The van der Waals surface area contributed by atoms with Crippen molar-refractivity contribution in [2.45, 2.75) is 26.3 Å². The summed E-state index contributed by atoms with van der Waals surface area (Å²) in [6.07, 6.45) is 0. The number of amides is 1. The lowest BCUT2D eigenvalue weighted by molar-refractivity contribution is -0.125. The summed E-state index contributed by atoms with van der Waals surface area (Å²) in [5, 5.41) is 11.7. The van der Waals surface area contributed by atoms with E-state index in [-0.39, 0.29) is 11.5 Å². The molecule has 1 aromatic carbocycles. The van der Waals surface area contributed by atoms with Gasteiger partial charge in [0.15, 0.2) is 18.1 Å². The van der Waals surface area contributed by atoms with Gasteiger partial charge >= 0.3 is 5.97 Å². The number of ether oxygens (including phenoxy) is 3. The van der Waals surface area contributed by atoms with Crippen molar-refractivity contribution in [1.29, 1.82) is 5.26 Å². The van der Waals surface area contributed by atoms with E-state index in [9.17, 15) is 9.59 Å². The van der Waals surface area contributed by atoms with Gasteiger partial charge in [-0.25, -0.2) is 4.79 Å². The largest absolute Gasteiger partial charge is 0.493 e. The summed E-state index contributed by atoms with van der Waals surface area (Å²) in [6.45, 7) is 4.78. The fourth-order valence-electron chi connectivity index (χ4n) is 1.80. The summed E-state index contributed by atoms with van der Waals surface area (Å²) in [6, 6.07) is 6.60. The van der Waals surface area contributed by atoms with Crippen molar-refractivity contribution in [2.75, 3.05) is 20.8 Å². The third kappa shape index (κ3) is 4.62. The van der Waals surface area contributed by atoms with Crippen LogP contribution in [0.2, 0.25) is 0 Å². The molecule has 1 aromatic rings. The fraction of sp³-hybridized carbons (Fsp3) is 0.471. The fourth-order valence-corrected chi connectivity index (χ4v) is 1.80. The predicted molar refractivity (Wildman–Crippen MR) is 86.8 cm³/mol. The van der Waals surface area contributed by atoms with Gasteiger partial charge in [0.1, 0.15) is 5.54 Å². The second-order valence-corrected chi connectivity index (χ2v) is 5.66. The van der Waals surface area contributed by atoms with E-state index in [0.29, 0.717) is 11.5 Å². The molecule has 0 aliphatic carbocycles. The Morgan fingerprint density at radius 1 is 1.25 bits per heavy atom. The first-order valence-corrected chi connectivity index (χ1v) is 7.38. The maximum Gasteiger partial charge on any atom is 0.338 e. The van der Waals surface area contributed by atoms with Gasteiger partial charge in [0.05, 0.1) is 25.9 Å². The number of hydrogen-bond acceptors (Lipinski definition) is 6. The van der Waals surface area contributed by atoms with Crippen LogP contribution in [0.1, 0.15) is 31.1 Å². The molecule has 0 spiro atoms. The van der Waals surface area contributed by atoms with Crippen LogP contribution >= 0.6 is 0 Å². The molecule has 1 N–H and O–H groups in total. The molecule has 0 saturated heterocycles. The Morgan fingerprint density at radius 2 is 1.88 bits per heavy atom. The Bertz CT molecular complexity index is 651. The van der Waals surface area contributed by atoms with E-state index in [1.807, 2.05) is 13.8 Å². The molecule has 130 valence electrons. The van der Waals surface area contributed by atoms with Crippen molar-refractivity contribution in [2.24, 2.45) is 5.92 Å². The van der Waals surface area contributed by atoms with Gasteiger partial charge < -0.3 is 19.5 Å². The highest BCUT2D eigenvalue weighted by Crippen LogP contribution is 2.27. The number of carbonyl (C=O) groups excluding carboxylic acids is 2. The lowest BCUT2D eigenvalue weighted by Crippen LogP contribution is -2.50. The van der Waals surface area contributed by atoms with Crippen LogP contribution in [-0.2, 0) is 9.53 Å². The van der Waals surface area contributed by atoms with E-state index in [4.69, 9.17) is 19.5 Å². The molecule has 0 aliphatic rings. The number of benzene rings is 1. The van der Waals surface area contributed by atoms with Crippen LogP contribution in [0.15, 0.2) is 18.2 Å². The van der Waals surface area contributed by atoms with Crippen molar-refractivity contribution in [3.63, 3.8) is 0 Å². The summed E-state index contributed by atoms with van der Waals surface area (Å²) in [4.78, 5) is 23.9.